The minimum Gasteiger partial charge on any atom is -0.353 e. The Labute approximate surface area is 164 Å². The molecule has 0 radical (unpaired) electrons. The zero-order chi connectivity index (χ0) is 17.9. The average Bonchev–Trinajstić information content (AvgIpc) is 2.61. The summed E-state index contributed by atoms with van der Waals surface area (Å²) in [5, 5.41) is 12.5. The van der Waals surface area contributed by atoms with Gasteiger partial charge in [0, 0.05) is 25.0 Å². The van der Waals surface area contributed by atoms with Gasteiger partial charge in [0.05, 0.1) is 0 Å². The van der Waals surface area contributed by atoms with Crippen LogP contribution in [0.3, 0.4) is 0 Å². The molecule has 0 spiro atoms. The zero-order valence-electron chi connectivity index (χ0n) is 16.1. The van der Waals surface area contributed by atoms with Crippen molar-refractivity contribution < 1.29 is 9.59 Å². The lowest BCUT2D eigenvalue weighted by Crippen LogP contribution is -2.48. The second-order valence-electron chi connectivity index (χ2n) is 7.69. The summed E-state index contributed by atoms with van der Waals surface area (Å²) in [5.41, 5.74) is 0. The predicted octanol–water partition coefficient (Wildman–Crippen LogP) is 2.71. The quantitative estimate of drug-likeness (QED) is 0.482. The van der Waals surface area contributed by atoms with Crippen molar-refractivity contribution in [3.8, 4) is 0 Å². The number of carbonyl (C=O) groups is 2. The molecule has 1 aliphatic carbocycles. The third kappa shape index (κ3) is 9.08. The van der Waals surface area contributed by atoms with Crippen molar-refractivity contribution in [3.05, 3.63) is 0 Å². The standard InChI is InChI=1S/C19H36N4O2.ClH/c1-15-14-20-13-11-17(15)23-18(24)10-6-3-7-12-21-19(25)22-16-8-4-2-5-9-16;/h15-17,20H,2-14H2,1H3,(H,23,24)(H2,21,22,25);1H. The topological polar surface area (TPSA) is 82.3 Å². The fraction of sp³-hybridized carbons (Fsp3) is 0.895. The number of hydrogen-bond acceptors (Lipinski definition) is 3. The van der Waals surface area contributed by atoms with Crippen LogP contribution in [0.25, 0.3) is 0 Å². The van der Waals surface area contributed by atoms with Crippen LogP contribution in [0.5, 0.6) is 0 Å². The molecule has 0 bridgehead atoms. The summed E-state index contributed by atoms with van der Waals surface area (Å²) in [7, 11) is 0. The normalized spacial score (nSPS) is 23.6. The lowest BCUT2D eigenvalue weighted by atomic mass is 9.95. The van der Waals surface area contributed by atoms with Crippen LogP contribution < -0.4 is 21.3 Å². The first-order valence-corrected chi connectivity index (χ1v) is 10.2. The smallest absolute Gasteiger partial charge is 0.315 e. The summed E-state index contributed by atoms with van der Waals surface area (Å²) < 4.78 is 0. The van der Waals surface area contributed by atoms with Crippen molar-refractivity contribution in [2.45, 2.75) is 83.2 Å². The highest BCUT2D eigenvalue weighted by molar-refractivity contribution is 5.85. The molecule has 1 saturated heterocycles. The molecule has 1 saturated carbocycles. The summed E-state index contributed by atoms with van der Waals surface area (Å²) in [4.78, 5) is 23.8. The minimum absolute atomic E-state index is 0. The molecule has 26 heavy (non-hydrogen) atoms. The average molecular weight is 389 g/mol. The molecule has 2 unspecified atom stereocenters. The van der Waals surface area contributed by atoms with Gasteiger partial charge in [-0.1, -0.05) is 32.6 Å². The number of rotatable bonds is 8. The summed E-state index contributed by atoms with van der Waals surface area (Å²) in [6.45, 7) is 4.84. The van der Waals surface area contributed by atoms with Gasteiger partial charge in [-0.15, -0.1) is 12.4 Å². The maximum Gasteiger partial charge on any atom is 0.315 e. The molecule has 0 aromatic heterocycles. The van der Waals surface area contributed by atoms with Gasteiger partial charge in [-0.3, -0.25) is 4.79 Å². The molecule has 0 aromatic rings. The Morgan fingerprint density at radius 1 is 1.00 bits per heavy atom. The fourth-order valence-corrected chi connectivity index (χ4v) is 3.78. The maximum absolute atomic E-state index is 12.0. The third-order valence-corrected chi connectivity index (χ3v) is 5.44. The van der Waals surface area contributed by atoms with Gasteiger partial charge in [0.1, 0.15) is 0 Å². The summed E-state index contributed by atoms with van der Waals surface area (Å²) in [6.07, 6.45) is 10.4. The van der Waals surface area contributed by atoms with Crippen molar-refractivity contribution in [2.24, 2.45) is 5.92 Å². The Kier molecular flexibility index (Phi) is 11.7. The Hall–Kier alpha value is -1.01. The first-order chi connectivity index (χ1) is 12.1. The molecule has 2 fully saturated rings. The number of unbranched alkanes of at least 4 members (excludes halogenated alkanes) is 2. The highest BCUT2D eigenvalue weighted by Gasteiger charge is 2.22. The molecular formula is C19H37ClN4O2. The molecule has 2 aliphatic rings. The van der Waals surface area contributed by atoms with E-state index in [4.69, 9.17) is 0 Å². The molecule has 2 rings (SSSR count). The molecule has 0 aromatic carbocycles. The number of amides is 3. The van der Waals surface area contributed by atoms with E-state index in [0.717, 1.165) is 51.6 Å². The van der Waals surface area contributed by atoms with Crippen molar-refractivity contribution >= 4 is 24.3 Å². The van der Waals surface area contributed by atoms with Crippen molar-refractivity contribution in [1.29, 1.82) is 0 Å². The summed E-state index contributed by atoms with van der Waals surface area (Å²) in [6, 6.07) is 0.637. The van der Waals surface area contributed by atoms with E-state index < -0.39 is 0 Å². The Morgan fingerprint density at radius 3 is 2.50 bits per heavy atom. The van der Waals surface area contributed by atoms with Crippen molar-refractivity contribution in [2.75, 3.05) is 19.6 Å². The predicted molar refractivity (Wildman–Crippen MR) is 108 cm³/mol. The molecule has 4 N–H and O–H groups in total. The largest absolute Gasteiger partial charge is 0.353 e. The van der Waals surface area contributed by atoms with E-state index in [1.165, 1.54) is 19.3 Å². The second-order valence-corrected chi connectivity index (χ2v) is 7.69. The molecule has 152 valence electrons. The van der Waals surface area contributed by atoms with Gasteiger partial charge in [-0.2, -0.15) is 0 Å². The van der Waals surface area contributed by atoms with Crippen LogP contribution in [0.2, 0.25) is 0 Å². The highest BCUT2D eigenvalue weighted by Crippen LogP contribution is 2.17. The van der Waals surface area contributed by atoms with Crippen LogP contribution in [-0.4, -0.2) is 43.7 Å². The molecule has 1 heterocycles. The number of hydrogen-bond donors (Lipinski definition) is 4. The lowest BCUT2D eigenvalue weighted by Gasteiger charge is -2.30. The van der Waals surface area contributed by atoms with E-state index in [0.29, 0.717) is 31.0 Å². The molecule has 1 aliphatic heterocycles. The number of carbonyl (C=O) groups excluding carboxylic acids is 2. The van der Waals surface area contributed by atoms with Gasteiger partial charge < -0.3 is 21.3 Å². The van der Waals surface area contributed by atoms with E-state index in [-0.39, 0.29) is 24.3 Å². The van der Waals surface area contributed by atoms with Crippen LogP contribution in [-0.2, 0) is 4.79 Å². The number of urea groups is 1. The molecule has 3 amide bonds. The Bertz CT molecular complexity index is 416. The molecule has 2 atom stereocenters. The number of piperidine rings is 1. The third-order valence-electron chi connectivity index (χ3n) is 5.44. The van der Waals surface area contributed by atoms with Gasteiger partial charge in [-0.05, 0) is 51.1 Å². The van der Waals surface area contributed by atoms with E-state index in [9.17, 15) is 9.59 Å². The van der Waals surface area contributed by atoms with Crippen molar-refractivity contribution in [1.82, 2.24) is 21.3 Å². The highest BCUT2D eigenvalue weighted by atomic mass is 35.5. The fourth-order valence-electron chi connectivity index (χ4n) is 3.78. The number of halogens is 1. The van der Waals surface area contributed by atoms with Crippen LogP contribution in [0.4, 0.5) is 4.79 Å². The Morgan fingerprint density at radius 2 is 1.77 bits per heavy atom. The number of nitrogens with one attached hydrogen (secondary N) is 4. The summed E-state index contributed by atoms with van der Waals surface area (Å²) >= 11 is 0. The second kappa shape index (κ2) is 13.2. The van der Waals surface area contributed by atoms with Crippen LogP contribution >= 0.6 is 12.4 Å². The summed E-state index contributed by atoms with van der Waals surface area (Å²) in [5.74, 6) is 0.673. The maximum atomic E-state index is 12.0. The SMILES string of the molecule is CC1CNCCC1NC(=O)CCCCCNC(=O)NC1CCCCC1.Cl. The first kappa shape index (κ1) is 23.0. The van der Waals surface area contributed by atoms with Gasteiger partial charge in [0.25, 0.3) is 0 Å². The van der Waals surface area contributed by atoms with Gasteiger partial charge in [0.15, 0.2) is 0 Å². The van der Waals surface area contributed by atoms with Gasteiger partial charge >= 0.3 is 6.03 Å². The Balaban J connectivity index is 0.00000338. The molecule has 7 heteroatoms. The van der Waals surface area contributed by atoms with E-state index in [1.807, 2.05) is 0 Å². The lowest BCUT2D eigenvalue weighted by molar-refractivity contribution is -0.122. The minimum atomic E-state index is -0.0375. The van der Waals surface area contributed by atoms with Crippen LogP contribution in [0.1, 0.15) is 71.1 Å². The van der Waals surface area contributed by atoms with Gasteiger partial charge in [-0.25, -0.2) is 4.79 Å². The van der Waals surface area contributed by atoms with E-state index >= 15 is 0 Å². The van der Waals surface area contributed by atoms with Gasteiger partial charge in [0.2, 0.25) is 5.91 Å². The van der Waals surface area contributed by atoms with E-state index in [1.54, 1.807) is 0 Å². The van der Waals surface area contributed by atoms with Crippen molar-refractivity contribution in [3.63, 3.8) is 0 Å². The zero-order valence-corrected chi connectivity index (χ0v) is 17.0. The van der Waals surface area contributed by atoms with Crippen LogP contribution in [0, 0.1) is 5.92 Å². The van der Waals surface area contributed by atoms with Crippen LogP contribution in [0.15, 0.2) is 0 Å². The molecule has 6 nitrogen and oxygen atoms in total. The molecular weight excluding hydrogens is 352 g/mol. The first-order valence-electron chi connectivity index (χ1n) is 10.2. The monoisotopic (exact) mass is 388 g/mol. The van der Waals surface area contributed by atoms with E-state index in [2.05, 4.69) is 28.2 Å².